The quantitative estimate of drug-likeness (QED) is 0.528. The van der Waals surface area contributed by atoms with Crippen LogP contribution < -0.4 is 0 Å². The van der Waals surface area contributed by atoms with Crippen LogP contribution in [-0.2, 0) is 19.3 Å². The van der Waals surface area contributed by atoms with Gasteiger partial charge in [0.15, 0.2) is 10.8 Å². The van der Waals surface area contributed by atoms with E-state index in [9.17, 15) is 13.2 Å². The van der Waals surface area contributed by atoms with Crippen LogP contribution in [0.25, 0.3) is 21.9 Å². The minimum Gasteiger partial charge on any atom is -0.327 e. The Bertz CT molecular complexity index is 1050. The number of benzene rings is 1. The number of rotatable bonds is 4. The molecule has 0 saturated heterocycles. The topological polar surface area (TPSA) is 48.5 Å². The molecule has 0 aliphatic rings. The van der Waals surface area contributed by atoms with Crippen molar-refractivity contribution in [2.45, 2.75) is 26.2 Å². The number of imidazole rings is 2. The lowest BCUT2D eigenvalue weighted by atomic mass is 10.2. The highest BCUT2D eigenvalue weighted by atomic mass is 32.1. The Morgan fingerprint density at radius 2 is 2.00 bits per heavy atom. The zero-order valence-corrected chi connectivity index (χ0v) is 14.6. The Morgan fingerprint density at radius 3 is 2.69 bits per heavy atom. The molecule has 4 aromatic rings. The highest BCUT2D eigenvalue weighted by Gasteiger charge is 2.31. The van der Waals surface area contributed by atoms with E-state index in [0.717, 1.165) is 17.1 Å². The maximum absolute atomic E-state index is 13.0. The second kappa shape index (κ2) is 6.24. The summed E-state index contributed by atoms with van der Waals surface area (Å²) in [7, 11) is 0. The fraction of sp³-hybridized carbons (Fsp3) is 0.235. The van der Waals surface area contributed by atoms with Gasteiger partial charge in [0.05, 0.1) is 23.1 Å². The van der Waals surface area contributed by atoms with Gasteiger partial charge >= 0.3 is 6.18 Å². The molecule has 0 N–H and O–H groups in total. The zero-order chi connectivity index (χ0) is 18.3. The van der Waals surface area contributed by atoms with Crippen molar-refractivity contribution >= 4 is 22.4 Å². The van der Waals surface area contributed by atoms with Crippen LogP contribution in [0.3, 0.4) is 0 Å². The van der Waals surface area contributed by atoms with Crippen molar-refractivity contribution in [3.05, 3.63) is 53.6 Å². The summed E-state index contributed by atoms with van der Waals surface area (Å²) in [5, 5.41) is 2.66. The first kappa shape index (κ1) is 16.8. The summed E-state index contributed by atoms with van der Waals surface area (Å²) in [6.07, 6.45) is 0.820. The number of halogens is 3. The van der Waals surface area contributed by atoms with Crippen LogP contribution in [0.1, 0.15) is 18.3 Å². The first-order chi connectivity index (χ1) is 12.5. The number of thiazole rings is 1. The van der Waals surface area contributed by atoms with Gasteiger partial charge in [-0.25, -0.2) is 15.0 Å². The van der Waals surface area contributed by atoms with Crippen LogP contribution in [0.4, 0.5) is 13.2 Å². The van der Waals surface area contributed by atoms with Gasteiger partial charge in [-0.05, 0) is 25.1 Å². The summed E-state index contributed by atoms with van der Waals surface area (Å²) < 4.78 is 42.7. The Balaban J connectivity index is 1.76. The van der Waals surface area contributed by atoms with Gasteiger partial charge < -0.3 is 9.13 Å². The second-order valence-electron chi connectivity index (χ2n) is 5.69. The van der Waals surface area contributed by atoms with Crippen molar-refractivity contribution in [3.63, 3.8) is 0 Å². The molecule has 5 nitrogen and oxygen atoms in total. The highest BCUT2D eigenvalue weighted by Crippen LogP contribution is 2.31. The van der Waals surface area contributed by atoms with E-state index in [0.29, 0.717) is 35.8 Å². The molecular weight excluding hydrogens is 363 g/mol. The molecule has 0 saturated carbocycles. The lowest BCUT2D eigenvalue weighted by Crippen LogP contribution is -2.08. The molecule has 3 heterocycles. The van der Waals surface area contributed by atoms with Crippen molar-refractivity contribution in [2.75, 3.05) is 0 Å². The van der Waals surface area contributed by atoms with E-state index in [-0.39, 0.29) is 0 Å². The standard InChI is InChI=1S/C17H14F3N5S/c1-2-25-13-4-3-11(17(18,19)20)9-12(13)23-14(25)10-24-7-5-21-15(24)16-22-6-8-26-16/h3-9H,2,10H2,1H3. The van der Waals surface area contributed by atoms with Crippen molar-refractivity contribution in [3.8, 4) is 10.8 Å². The van der Waals surface area contributed by atoms with E-state index in [4.69, 9.17) is 0 Å². The van der Waals surface area contributed by atoms with E-state index in [2.05, 4.69) is 15.0 Å². The van der Waals surface area contributed by atoms with E-state index in [1.807, 2.05) is 27.6 Å². The lowest BCUT2D eigenvalue weighted by molar-refractivity contribution is -0.137. The molecule has 0 aliphatic heterocycles. The SMILES string of the molecule is CCn1c(Cn2ccnc2-c2nccs2)nc2cc(C(F)(F)F)ccc21. The fourth-order valence-corrected chi connectivity index (χ4v) is 3.60. The maximum atomic E-state index is 13.0. The van der Waals surface area contributed by atoms with Gasteiger partial charge in [-0.2, -0.15) is 13.2 Å². The molecule has 0 aliphatic carbocycles. The molecule has 0 fully saturated rings. The van der Waals surface area contributed by atoms with Crippen molar-refractivity contribution in [1.29, 1.82) is 0 Å². The van der Waals surface area contributed by atoms with Gasteiger partial charge in [0.1, 0.15) is 5.82 Å². The molecule has 3 aromatic heterocycles. The number of aryl methyl sites for hydroxylation is 1. The van der Waals surface area contributed by atoms with Crippen LogP contribution in [0.15, 0.2) is 42.2 Å². The predicted molar refractivity (Wildman–Crippen MR) is 92.8 cm³/mol. The summed E-state index contributed by atoms with van der Waals surface area (Å²) in [5.41, 5.74) is 0.336. The van der Waals surface area contributed by atoms with Crippen molar-refractivity contribution in [2.24, 2.45) is 0 Å². The Morgan fingerprint density at radius 1 is 1.15 bits per heavy atom. The fourth-order valence-electron chi connectivity index (χ4n) is 2.95. The van der Waals surface area contributed by atoms with Gasteiger partial charge in [0.25, 0.3) is 0 Å². The molecular formula is C17H14F3N5S. The number of aromatic nitrogens is 5. The number of alkyl halides is 3. The molecule has 0 bridgehead atoms. The minimum atomic E-state index is -4.38. The van der Waals surface area contributed by atoms with Crippen LogP contribution >= 0.6 is 11.3 Å². The molecule has 0 spiro atoms. The van der Waals surface area contributed by atoms with Gasteiger partial charge in [-0.3, -0.25) is 0 Å². The molecule has 0 radical (unpaired) electrons. The molecule has 0 atom stereocenters. The summed E-state index contributed by atoms with van der Waals surface area (Å²) in [6, 6.07) is 3.67. The van der Waals surface area contributed by atoms with Crippen molar-refractivity contribution in [1.82, 2.24) is 24.1 Å². The van der Waals surface area contributed by atoms with Crippen LogP contribution in [0, 0.1) is 0 Å². The Kier molecular flexibility index (Phi) is 4.03. The Hall–Kier alpha value is -2.68. The third-order valence-electron chi connectivity index (χ3n) is 4.12. The van der Waals surface area contributed by atoms with E-state index >= 15 is 0 Å². The summed E-state index contributed by atoms with van der Waals surface area (Å²) in [4.78, 5) is 13.1. The Labute approximate surface area is 150 Å². The number of nitrogens with zero attached hydrogens (tertiary/aromatic N) is 5. The molecule has 1 aromatic carbocycles. The summed E-state index contributed by atoms with van der Waals surface area (Å²) in [5.74, 6) is 1.39. The van der Waals surface area contributed by atoms with Crippen molar-refractivity contribution < 1.29 is 13.2 Å². The number of hydrogen-bond acceptors (Lipinski definition) is 4. The predicted octanol–water partition coefficient (Wildman–Crippen LogP) is 4.44. The first-order valence-electron chi connectivity index (χ1n) is 7.94. The van der Waals surface area contributed by atoms with Gasteiger partial charge in [-0.15, -0.1) is 11.3 Å². The van der Waals surface area contributed by atoms with Gasteiger partial charge in [0, 0.05) is 30.5 Å². The average molecular weight is 377 g/mol. The van der Waals surface area contributed by atoms with E-state index in [1.165, 1.54) is 17.4 Å². The zero-order valence-electron chi connectivity index (χ0n) is 13.7. The lowest BCUT2D eigenvalue weighted by Gasteiger charge is -2.09. The van der Waals surface area contributed by atoms with E-state index < -0.39 is 11.7 Å². The number of hydrogen-bond donors (Lipinski definition) is 0. The molecule has 0 amide bonds. The second-order valence-corrected chi connectivity index (χ2v) is 6.58. The third-order valence-corrected chi connectivity index (χ3v) is 4.89. The summed E-state index contributed by atoms with van der Waals surface area (Å²) >= 11 is 1.48. The molecule has 134 valence electrons. The normalized spacial score (nSPS) is 12.2. The largest absolute Gasteiger partial charge is 0.416 e. The molecule has 26 heavy (non-hydrogen) atoms. The highest BCUT2D eigenvalue weighted by molar-refractivity contribution is 7.13. The third kappa shape index (κ3) is 2.88. The maximum Gasteiger partial charge on any atom is 0.416 e. The minimum absolute atomic E-state index is 0.340. The van der Waals surface area contributed by atoms with Crippen LogP contribution in [0.2, 0.25) is 0 Å². The van der Waals surface area contributed by atoms with Gasteiger partial charge in [0.2, 0.25) is 0 Å². The molecule has 4 rings (SSSR count). The first-order valence-corrected chi connectivity index (χ1v) is 8.82. The summed E-state index contributed by atoms with van der Waals surface area (Å²) in [6.45, 7) is 2.95. The number of fused-ring (bicyclic) bond motifs is 1. The van der Waals surface area contributed by atoms with Crippen LogP contribution in [-0.4, -0.2) is 24.1 Å². The van der Waals surface area contributed by atoms with Gasteiger partial charge in [-0.1, -0.05) is 0 Å². The van der Waals surface area contributed by atoms with E-state index in [1.54, 1.807) is 12.4 Å². The molecule has 0 unspecified atom stereocenters. The average Bonchev–Trinajstić information content (AvgIpc) is 3.32. The smallest absolute Gasteiger partial charge is 0.327 e. The monoisotopic (exact) mass is 377 g/mol. The molecule has 9 heteroatoms. The van der Waals surface area contributed by atoms with Crippen LogP contribution in [0.5, 0.6) is 0 Å².